The van der Waals surface area contributed by atoms with E-state index in [-0.39, 0.29) is 12.0 Å². The third-order valence-electron chi connectivity index (χ3n) is 4.27. The van der Waals surface area contributed by atoms with E-state index in [1.165, 1.54) is 5.56 Å². The number of benzene rings is 1. The SMILES string of the molecule is COCCCOC(c1ccccc1)[C@@H]1CCCN(CC(N)=O)C1. The molecule has 23 heavy (non-hydrogen) atoms. The average molecular weight is 320 g/mol. The summed E-state index contributed by atoms with van der Waals surface area (Å²) in [4.78, 5) is 13.3. The number of carbonyl (C=O) groups excluding carboxylic acids is 1. The lowest BCUT2D eigenvalue weighted by atomic mass is 9.88. The molecule has 0 aliphatic carbocycles. The highest BCUT2D eigenvalue weighted by Gasteiger charge is 2.29. The molecule has 1 aromatic rings. The maximum Gasteiger partial charge on any atom is 0.231 e. The number of methoxy groups -OCH3 is 1. The van der Waals surface area contributed by atoms with Crippen LogP contribution < -0.4 is 5.73 Å². The number of carbonyl (C=O) groups is 1. The van der Waals surface area contributed by atoms with Gasteiger partial charge in [-0.15, -0.1) is 0 Å². The molecule has 2 rings (SSSR count). The van der Waals surface area contributed by atoms with Crippen molar-refractivity contribution in [3.8, 4) is 0 Å². The Kier molecular flexibility index (Phi) is 7.52. The molecule has 5 heteroatoms. The van der Waals surface area contributed by atoms with Crippen LogP contribution in [0.1, 0.15) is 30.9 Å². The van der Waals surface area contributed by atoms with E-state index in [1.54, 1.807) is 7.11 Å². The van der Waals surface area contributed by atoms with Gasteiger partial charge in [-0.1, -0.05) is 30.3 Å². The standard InChI is InChI=1S/C18H28N2O3/c1-22-11-6-12-23-18(15-7-3-2-4-8-15)16-9-5-10-20(13-16)14-17(19)21/h2-4,7-8,16,18H,5-6,9-14H2,1H3,(H2,19,21)/t16-,18?/m1/s1. The highest BCUT2D eigenvalue weighted by Crippen LogP contribution is 2.32. The first kappa shape index (κ1) is 17.9. The van der Waals surface area contributed by atoms with E-state index in [2.05, 4.69) is 17.0 Å². The van der Waals surface area contributed by atoms with E-state index in [1.807, 2.05) is 18.2 Å². The van der Waals surface area contributed by atoms with Crippen LogP contribution in [0.4, 0.5) is 0 Å². The fraction of sp³-hybridized carbons (Fsp3) is 0.611. The molecule has 1 heterocycles. The summed E-state index contributed by atoms with van der Waals surface area (Å²) in [7, 11) is 1.71. The number of primary amides is 1. The first-order valence-corrected chi connectivity index (χ1v) is 8.37. The van der Waals surface area contributed by atoms with Gasteiger partial charge in [0.1, 0.15) is 0 Å². The van der Waals surface area contributed by atoms with Crippen LogP contribution in [-0.4, -0.2) is 50.8 Å². The molecule has 1 fully saturated rings. The Balaban J connectivity index is 2.01. The summed E-state index contributed by atoms with van der Waals surface area (Å²) in [5, 5.41) is 0. The number of nitrogens with zero attached hydrogens (tertiary/aromatic N) is 1. The maximum atomic E-state index is 11.2. The number of ether oxygens (including phenoxy) is 2. The Labute approximate surface area is 138 Å². The molecule has 128 valence electrons. The summed E-state index contributed by atoms with van der Waals surface area (Å²) in [5.74, 6) is 0.121. The summed E-state index contributed by atoms with van der Waals surface area (Å²) < 4.78 is 11.3. The Hall–Kier alpha value is -1.43. The Morgan fingerprint density at radius 1 is 1.35 bits per heavy atom. The molecule has 0 aromatic heterocycles. The minimum atomic E-state index is -0.261. The van der Waals surface area contributed by atoms with Crippen LogP contribution in [0.15, 0.2) is 30.3 Å². The van der Waals surface area contributed by atoms with Crippen molar-refractivity contribution in [2.24, 2.45) is 11.7 Å². The summed E-state index contributed by atoms with van der Waals surface area (Å²) >= 11 is 0. The Morgan fingerprint density at radius 2 is 2.13 bits per heavy atom. The molecule has 0 saturated carbocycles. The van der Waals surface area contributed by atoms with Gasteiger partial charge in [-0.3, -0.25) is 9.69 Å². The van der Waals surface area contributed by atoms with Gasteiger partial charge in [0, 0.05) is 32.8 Å². The molecule has 1 aliphatic heterocycles. The van der Waals surface area contributed by atoms with Crippen molar-refractivity contribution in [2.75, 3.05) is 40.0 Å². The maximum absolute atomic E-state index is 11.2. The lowest BCUT2D eigenvalue weighted by Crippen LogP contribution is -2.42. The number of likely N-dealkylation sites (tertiary alicyclic amines) is 1. The van der Waals surface area contributed by atoms with E-state index >= 15 is 0 Å². The molecule has 5 nitrogen and oxygen atoms in total. The van der Waals surface area contributed by atoms with E-state index < -0.39 is 0 Å². The Morgan fingerprint density at radius 3 is 2.83 bits per heavy atom. The van der Waals surface area contributed by atoms with Crippen molar-refractivity contribution in [3.63, 3.8) is 0 Å². The number of hydrogen-bond donors (Lipinski definition) is 1. The molecular formula is C18H28N2O3. The molecular weight excluding hydrogens is 292 g/mol. The van der Waals surface area contributed by atoms with Crippen molar-refractivity contribution < 1.29 is 14.3 Å². The number of piperidine rings is 1. The molecule has 1 amide bonds. The van der Waals surface area contributed by atoms with Crippen molar-refractivity contribution in [1.82, 2.24) is 4.90 Å². The monoisotopic (exact) mass is 320 g/mol. The second kappa shape index (κ2) is 9.65. The second-order valence-electron chi connectivity index (χ2n) is 6.15. The van der Waals surface area contributed by atoms with E-state index in [9.17, 15) is 4.79 Å². The first-order chi connectivity index (χ1) is 11.2. The molecule has 1 saturated heterocycles. The topological polar surface area (TPSA) is 64.8 Å². The van der Waals surface area contributed by atoms with Gasteiger partial charge in [-0.2, -0.15) is 0 Å². The van der Waals surface area contributed by atoms with Crippen molar-refractivity contribution in [2.45, 2.75) is 25.4 Å². The van der Waals surface area contributed by atoms with Crippen LogP contribution in [0.25, 0.3) is 0 Å². The minimum absolute atomic E-state index is 0.0590. The molecule has 1 aliphatic rings. The molecule has 2 N–H and O–H groups in total. The largest absolute Gasteiger partial charge is 0.385 e. The van der Waals surface area contributed by atoms with Crippen LogP contribution in [0, 0.1) is 5.92 Å². The molecule has 2 atom stereocenters. The van der Waals surface area contributed by atoms with Gasteiger partial charge in [0.05, 0.1) is 12.6 Å². The van der Waals surface area contributed by atoms with E-state index in [0.717, 1.165) is 32.4 Å². The van der Waals surface area contributed by atoms with Gasteiger partial charge in [-0.25, -0.2) is 0 Å². The van der Waals surface area contributed by atoms with Crippen molar-refractivity contribution in [1.29, 1.82) is 0 Å². The predicted octanol–water partition coefficient (Wildman–Crippen LogP) is 1.98. The molecule has 1 aromatic carbocycles. The summed E-state index contributed by atoms with van der Waals surface area (Å²) in [6.45, 7) is 3.51. The number of nitrogens with two attached hydrogens (primary N) is 1. The third kappa shape index (κ3) is 5.94. The van der Waals surface area contributed by atoms with E-state index in [4.69, 9.17) is 15.2 Å². The zero-order valence-corrected chi connectivity index (χ0v) is 13.9. The van der Waals surface area contributed by atoms with Crippen LogP contribution in [0.3, 0.4) is 0 Å². The fourth-order valence-corrected chi connectivity index (χ4v) is 3.26. The number of hydrogen-bond acceptors (Lipinski definition) is 4. The Bertz CT molecular complexity index is 467. The zero-order valence-electron chi connectivity index (χ0n) is 13.9. The van der Waals surface area contributed by atoms with Crippen LogP contribution in [0.2, 0.25) is 0 Å². The summed E-state index contributed by atoms with van der Waals surface area (Å²) in [5.41, 5.74) is 6.55. The highest BCUT2D eigenvalue weighted by molar-refractivity contribution is 5.75. The second-order valence-corrected chi connectivity index (χ2v) is 6.15. The normalized spacial score (nSPS) is 20.3. The fourth-order valence-electron chi connectivity index (χ4n) is 3.26. The van der Waals surface area contributed by atoms with Crippen LogP contribution in [0.5, 0.6) is 0 Å². The van der Waals surface area contributed by atoms with E-state index in [0.29, 0.717) is 25.7 Å². The lowest BCUT2D eigenvalue weighted by Gasteiger charge is -2.36. The van der Waals surface area contributed by atoms with Crippen molar-refractivity contribution >= 4 is 5.91 Å². The van der Waals surface area contributed by atoms with Gasteiger partial charge in [-0.05, 0) is 31.4 Å². The van der Waals surface area contributed by atoms with Gasteiger partial charge in [0.15, 0.2) is 0 Å². The summed E-state index contributed by atoms with van der Waals surface area (Å²) in [6.07, 6.45) is 3.13. The minimum Gasteiger partial charge on any atom is -0.385 e. The molecule has 0 bridgehead atoms. The molecule has 0 radical (unpaired) electrons. The molecule has 1 unspecified atom stereocenters. The van der Waals surface area contributed by atoms with Gasteiger partial charge >= 0.3 is 0 Å². The van der Waals surface area contributed by atoms with Crippen LogP contribution >= 0.6 is 0 Å². The zero-order chi connectivity index (χ0) is 16.5. The highest BCUT2D eigenvalue weighted by atomic mass is 16.5. The smallest absolute Gasteiger partial charge is 0.231 e. The van der Waals surface area contributed by atoms with Crippen molar-refractivity contribution in [3.05, 3.63) is 35.9 Å². The first-order valence-electron chi connectivity index (χ1n) is 8.37. The van der Waals surface area contributed by atoms with Gasteiger partial charge in [0.2, 0.25) is 5.91 Å². The van der Waals surface area contributed by atoms with Gasteiger partial charge < -0.3 is 15.2 Å². The van der Waals surface area contributed by atoms with Crippen LogP contribution in [-0.2, 0) is 14.3 Å². The quantitative estimate of drug-likeness (QED) is 0.707. The lowest BCUT2D eigenvalue weighted by molar-refractivity contribution is -0.120. The third-order valence-corrected chi connectivity index (χ3v) is 4.27. The predicted molar refractivity (Wildman–Crippen MR) is 90.0 cm³/mol. The summed E-state index contributed by atoms with van der Waals surface area (Å²) in [6, 6.07) is 10.4. The number of amides is 1. The molecule has 0 spiro atoms. The van der Waals surface area contributed by atoms with Gasteiger partial charge in [0.25, 0.3) is 0 Å². The average Bonchev–Trinajstić information content (AvgIpc) is 2.55. The number of rotatable bonds is 9.